The minimum Gasteiger partial charge on any atom is -0.387 e. The van der Waals surface area contributed by atoms with Gasteiger partial charge in [-0.2, -0.15) is 0 Å². The molecule has 2 rings (SSSR count). The summed E-state index contributed by atoms with van der Waals surface area (Å²) in [5, 5.41) is 81.8. The molecule has 0 saturated carbocycles. The van der Waals surface area contributed by atoms with Crippen LogP contribution in [0.25, 0.3) is 0 Å². The van der Waals surface area contributed by atoms with Gasteiger partial charge in [-0.1, -0.05) is 32.1 Å². The van der Waals surface area contributed by atoms with Gasteiger partial charge in [0.2, 0.25) is 0 Å². The fraction of sp³-hybridized carbons (Fsp3) is 0.905. The zero-order chi connectivity index (χ0) is 26.1. The van der Waals surface area contributed by atoms with Crippen LogP contribution in [-0.4, -0.2) is 127 Å². The zero-order valence-corrected chi connectivity index (χ0v) is 19.3. The third kappa shape index (κ3) is 8.28. The van der Waals surface area contributed by atoms with Gasteiger partial charge >= 0.3 is 0 Å². The average Bonchev–Trinajstić information content (AvgIpc) is 2.83. The smallest absolute Gasteiger partial charge is 0.252 e. The molecule has 2 aliphatic rings. The fourth-order valence-electron chi connectivity index (χ4n) is 3.91. The fourth-order valence-corrected chi connectivity index (χ4v) is 3.91. The molecule has 2 aliphatic heterocycles. The SMILES string of the molecule is O=C(NCCCCCCCCCNC(=O)[C@H]1OC(O)[C@H](O)[C@@H](O)[C@@H]1O)[C@H]1OC(O)[C@H](O)[C@@H](O)[C@@H]1O. The van der Waals surface area contributed by atoms with Crippen LogP contribution in [0.3, 0.4) is 0 Å². The number of ether oxygens (including phenoxy) is 2. The summed E-state index contributed by atoms with van der Waals surface area (Å²) in [4.78, 5) is 24.1. The van der Waals surface area contributed by atoms with Crippen molar-refractivity contribution in [3.05, 3.63) is 0 Å². The van der Waals surface area contributed by atoms with Gasteiger partial charge in [0.25, 0.3) is 11.8 Å². The average molecular weight is 511 g/mol. The highest BCUT2D eigenvalue weighted by molar-refractivity contribution is 5.82. The molecule has 2 fully saturated rings. The lowest BCUT2D eigenvalue weighted by Crippen LogP contribution is -2.61. The molecular formula is C21H38N2O12. The van der Waals surface area contributed by atoms with Crippen molar-refractivity contribution in [3.8, 4) is 0 Å². The maximum Gasteiger partial charge on any atom is 0.252 e. The van der Waals surface area contributed by atoms with Gasteiger partial charge in [0.15, 0.2) is 24.8 Å². The molecule has 2 heterocycles. The first kappa shape index (κ1) is 29.8. The van der Waals surface area contributed by atoms with Crippen LogP contribution in [0.15, 0.2) is 0 Å². The second-order valence-electron chi connectivity index (χ2n) is 8.89. The molecule has 0 aliphatic carbocycles. The van der Waals surface area contributed by atoms with Crippen LogP contribution >= 0.6 is 0 Å². The minimum atomic E-state index is -1.76. The van der Waals surface area contributed by atoms with Crippen LogP contribution < -0.4 is 10.6 Å². The molecule has 204 valence electrons. The van der Waals surface area contributed by atoms with E-state index in [1.54, 1.807) is 0 Å². The highest BCUT2D eigenvalue weighted by atomic mass is 16.6. The van der Waals surface area contributed by atoms with Crippen LogP contribution in [0.1, 0.15) is 44.9 Å². The number of carbonyl (C=O) groups excluding carboxylic acids is 2. The molecular weight excluding hydrogens is 472 g/mol. The van der Waals surface area contributed by atoms with E-state index < -0.39 is 73.2 Å². The normalized spacial score (nSPS) is 37.6. The summed E-state index contributed by atoms with van der Waals surface area (Å²) in [6, 6.07) is 0. The van der Waals surface area contributed by atoms with Gasteiger partial charge in [-0.25, -0.2) is 0 Å². The van der Waals surface area contributed by atoms with E-state index in [0.717, 1.165) is 32.1 Å². The lowest BCUT2D eigenvalue weighted by atomic mass is 9.98. The molecule has 10 atom stereocenters. The molecule has 0 aromatic carbocycles. The van der Waals surface area contributed by atoms with Gasteiger partial charge < -0.3 is 61.0 Å². The first-order chi connectivity index (χ1) is 16.6. The molecule has 0 aromatic rings. The zero-order valence-electron chi connectivity index (χ0n) is 19.3. The predicted octanol–water partition coefficient (Wildman–Crippen LogP) is -4.45. The maximum absolute atomic E-state index is 12.1. The highest BCUT2D eigenvalue weighted by Gasteiger charge is 2.47. The quantitative estimate of drug-likeness (QED) is 0.112. The second kappa shape index (κ2) is 14.3. The van der Waals surface area contributed by atoms with Crippen molar-refractivity contribution in [1.29, 1.82) is 0 Å². The first-order valence-electron chi connectivity index (χ1n) is 11.9. The number of nitrogens with one attached hydrogen (secondary N) is 2. The molecule has 14 heteroatoms. The van der Waals surface area contributed by atoms with Crippen molar-refractivity contribution >= 4 is 11.8 Å². The lowest BCUT2D eigenvalue weighted by Gasteiger charge is -2.37. The van der Waals surface area contributed by atoms with E-state index in [0.29, 0.717) is 25.9 Å². The summed E-state index contributed by atoms with van der Waals surface area (Å²) in [6.45, 7) is 0.642. The van der Waals surface area contributed by atoms with Crippen molar-refractivity contribution in [2.45, 2.75) is 106 Å². The number of amides is 2. The maximum atomic E-state index is 12.1. The summed E-state index contributed by atoms with van der Waals surface area (Å²) in [7, 11) is 0. The van der Waals surface area contributed by atoms with E-state index >= 15 is 0 Å². The molecule has 0 radical (unpaired) electrons. The largest absolute Gasteiger partial charge is 0.387 e. The summed E-state index contributed by atoms with van der Waals surface area (Å²) >= 11 is 0. The van der Waals surface area contributed by atoms with Crippen molar-refractivity contribution in [3.63, 3.8) is 0 Å². The number of hydrogen-bond acceptors (Lipinski definition) is 12. The third-order valence-electron chi connectivity index (χ3n) is 6.15. The van der Waals surface area contributed by atoms with Gasteiger partial charge in [-0.3, -0.25) is 9.59 Å². The summed E-state index contributed by atoms with van der Waals surface area (Å²) in [5.74, 6) is -1.37. The van der Waals surface area contributed by atoms with Crippen LogP contribution in [0, 0.1) is 0 Å². The Morgan fingerprint density at radius 2 is 0.800 bits per heavy atom. The van der Waals surface area contributed by atoms with E-state index in [2.05, 4.69) is 10.6 Å². The van der Waals surface area contributed by atoms with E-state index in [1.807, 2.05) is 0 Å². The second-order valence-corrected chi connectivity index (χ2v) is 8.89. The standard InChI is InChI=1S/C21H38N2O12/c24-10-12(26)16(34-20(32)14(10)28)18(30)22-8-6-4-2-1-3-5-7-9-23-19(31)17-13(27)11(25)15(29)21(33)35-17/h10-17,20-21,24-29,32-33H,1-9H2,(H,22,30)(H,23,31)/t10-,11-,12-,13-,14+,15+,16-,17-,20?,21?/m0/s1. The van der Waals surface area contributed by atoms with E-state index in [4.69, 9.17) is 9.47 Å². The van der Waals surface area contributed by atoms with Gasteiger partial charge in [0.05, 0.1) is 0 Å². The van der Waals surface area contributed by atoms with Gasteiger partial charge in [-0.05, 0) is 12.8 Å². The Kier molecular flexibility index (Phi) is 12.2. The Hall–Kier alpha value is -1.46. The molecule has 14 nitrogen and oxygen atoms in total. The monoisotopic (exact) mass is 510 g/mol. The molecule has 2 saturated heterocycles. The van der Waals surface area contributed by atoms with Gasteiger partial charge in [0, 0.05) is 13.1 Å². The Labute approximate surface area is 202 Å². The Bertz CT molecular complexity index is 616. The minimum absolute atomic E-state index is 0.321. The number of carbonyl (C=O) groups is 2. The lowest BCUT2D eigenvalue weighted by molar-refractivity contribution is -0.275. The number of aliphatic hydroxyl groups excluding tert-OH is 8. The van der Waals surface area contributed by atoms with E-state index in [-0.39, 0.29) is 0 Å². The Balaban J connectivity index is 1.47. The topological polar surface area (TPSA) is 238 Å². The summed E-state index contributed by atoms with van der Waals surface area (Å²) < 4.78 is 9.72. The van der Waals surface area contributed by atoms with Crippen LogP contribution in [0.5, 0.6) is 0 Å². The van der Waals surface area contributed by atoms with Crippen molar-refractivity contribution in [2.24, 2.45) is 0 Å². The van der Waals surface area contributed by atoms with Crippen molar-refractivity contribution < 1.29 is 59.9 Å². The molecule has 35 heavy (non-hydrogen) atoms. The number of unbranched alkanes of at least 4 members (excludes halogenated alkanes) is 6. The predicted molar refractivity (Wildman–Crippen MR) is 116 cm³/mol. The Morgan fingerprint density at radius 1 is 0.486 bits per heavy atom. The Morgan fingerprint density at radius 3 is 1.14 bits per heavy atom. The molecule has 0 bridgehead atoms. The molecule has 0 spiro atoms. The third-order valence-corrected chi connectivity index (χ3v) is 6.15. The molecule has 10 N–H and O–H groups in total. The summed E-state index contributed by atoms with van der Waals surface area (Å²) in [6.07, 6.45) is -10.8. The van der Waals surface area contributed by atoms with Crippen LogP contribution in [-0.2, 0) is 19.1 Å². The van der Waals surface area contributed by atoms with E-state index in [1.165, 1.54) is 0 Å². The van der Waals surface area contributed by atoms with Crippen molar-refractivity contribution in [2.75, 3.05) is 13.1 Å². The molecule has 2 amide bonds. The van der Waals surface area contributed by atoms with Gasteiger partial charge in [0.1, 0.15) is 36.6 Å². The van der Waals surface area contributed by atoms with E-state index in [9.17, 15) is 50.4 Å². The molecule has 0 aromatic heterocycles. The van der Waals surface area contributed by atoms with Gasteiger partial charge in [-0.15, -0.1) is 0 Å². The first-order valence-corrected chi connectivity index (χ1v) is 11.9. The number of rotatable bonds is 12. The van der Waals surface area contributed by atoms with Crippen LogP contribution in [0.2, 0.25) is 0 Å². The number of hydrogen-bond donors (Lipinski definition) is 10. The molecule has 2 unspecified atom stereocenters. The van der Waals surface area contributed by atoms with Crippen LogP contribution in [0.4, 0.5) is 0 Å². The number of aliphatic hydroxyl groups is 8. The highest BCUT2D eigenvalue weighted by Crippen LogP contribution is 2.21. The van der Waals surface area contributed by atoms with Crippen molar-refractivity contribution in [1.82, 2.24) is 10.6 Å². The summed E-state index contributed by atoms with van der Waals surface area (Å²) in [5.41, 5.74) is 0.